The quantitative estimate of drug-likeness (QED) is 0.629. The molecule has 1 aliphatic rings. The van der Waals surface area contributed by atoms with Crippen LogP contribution in [0.1, 0.15) is 6.92 Å². The van der Waals surface area contributed by atoms with Gasteiger partial charge in [-0.3, -0.25) is 4.68 Å². The molecule has 1 saturated heterocycles. The Hall–Kier alpha value is -1.00. The summed E-state index contributed by atoms with van der Waals surface area (Å²) in [5.74, 6) is 0. The third-order valence-electron chi connectivity index (χ3n) is 2.95. The first-order chi connectivity index (χ1) is 9.62. The molecule has 0 bridgehead atoms. The van der Waals surface area contributed by atoms with E-state index in [1.165, 1.54) is 6.20 Å². The molecule has 0 aliphatic carbocycles. The van der Waals surface area contributed by atoms with Crippen LogP contribution in [-0.4, -0.2) is 62.6 Å². The smallest absolute Gasteiger partial charge is 0.256 e. The summed E-state index contributed by atoms with van der Waals surface area (Å²) in [7, 11) is -3.55. The van der Waals surface area contributed by atoms with E-state index in [0.29, 0.717) is 32.8 Å². The minimum Gasteiger partial charge on any atom is -0.379 e. The maximum absolute atomic E-state index is 12.2. The summed E-state index contributed by atoms with van der Waals surface area (Å²) in [6.07, 6.45) is 2.91. The van der Waals surface area contributed by atoms with E-state index in [-0.39, 0.29) is 4.90 Å². The Labute approximate surface area is 119 Å². The lowest BCUT2D eigenvalue weighted by Gasteiger charge is -2.26. The standard InChI is InChI=1S/C11H21N5O3S/c1-2-12-3-4-16-10-11(9-13-16)20(17,18)14-15-5-7-19-8-6-15/h9-10,12,14H,2-8H2,1H3. The normalized spacial score (nSPS) is 17.4. The van der Waals surface area contributed by atoms with Crippen molar-refractivity contribution in [1.29, 1.82) is 0 Å². The van der Waals surface area contributed by atoms with E-state index in [0.717, 1.165) is 13.1 Å². The summed E-state index contributed by atoms with van der Waals surface area (Å²) >= 11 is 0. The van der Waals surface area contributed by atoms with Crippen LogP contribution < -0.4 is 10.1 Å². The second-order valence-electron chi connectivity index (χ2n) is 4.49. The van der Waals surface area contributed by atoms with Gasteiger partial charge >= 0.3 is 0 Å². The number of hydrazine groups is 1. The number of aromatic nitrogens is 2. The van der Waals surface area contributed by atoms with Crippen LogP contribution in [0.15, 0.2) is 17.3 Å². The number of sulfonamides is 1. The molecule has 1 fully saturated rings. The molecule has 0 saturated carbocycles. The van der Waals surface area contributed by atoms with Gasteiger partial charge in [0.05, 0.1) is 26.0 Å². The zero-order chi connectivity index (χ0) is 14.4. The Bertz CT molecular complexity index is 510. The third kappa shape index (κ3) is 4.25. The number of rotatable bonds is 7. The second kappa shape index (κ2) is 7.14. The van der Waals surface area contributed by atoms with E-state index >= 15 is 0 Å². The summed E-state index contributed by atoms with van der Waals surface area (Å²) in [6, 6.07) is 0. The molecule has 8 nitrogen and oxygen atoms in total. The van der Waals surface area contributed by atoms with Crippen LogP contribution in [0.25, 0.3) is 0 Å². The Morgan fingerprint density at radius 3 is 2.85 bits per heavy atom. The van der Waals surface area contributed by atoms with Gasteiger partial charge in [-0.15, -0.1) is 4.83 Å². The number of morpholine rings is 1. The number of likely N-dealkylation sites (N-methyl/N-ethyl adjacent to an activating group) is 1. The van der Waals surface area contributed by atoms with Gasteiger partial charge in [0.25, 0.3) is 10.0 Å². The number of hydrogen-bond acceptors (Lipinski definition) is 6. The summed E-state index contributed by atoms with van der Waals surface area (Å²) in [6.45, 7) is 6.46. The molecule has 1 aromatic heterocycles. The van der Waals surface area contributed by atoms with E-state index in [2.05, 4.69) is 15.2 Å². The number of nitrogens with one attached hydrogen (secondary N) is 2. The summed E-state index contributed by atoms with van der Waals surface area (Å²) in [5, 5.41) is 8.87. The first-order valence-electron chi connectivity index (χ1n) is 6.70. The van der Waals surface area contributed by atoms with Gasteiger partial charge < -0.3 is 10.1 Å². The lowest BCUT2D eigenvalue weighted by atomic mass is 10.5. The lowest BCUT2D eigenvalue weighted by Crippen LogP contribution is -2.48. The first kappa shape index (κ1) is 15.4. The lowest BCUT2D eigenvalue weighted by molar-refractivity contribution is 0.0272. The van der Waals surface area contributed by atoms with Crippen LogP contribution in [-0.2, 0) is 21.3 Å². The fourth-order valence-electron chi connectivity index (χ4n) is 1.85. The Morgan fingerprint density at radius 1 is 1.40 bits per heavy atom. The fraction of sp³-hybridized carbons (Fsp3) is 0.727. The van der Waals surface area contributed by atoms with Crippen LogP contribution in [0.4, 0.5) is 0 Å². The number of nitrogens with zero attached hydrogens (tertiary/aromatic N) is 3. The van der Waals surface area contributed by atoms with Crippen molar-refractivity contribution in [3.05, 3.63) is 12.4 Å². The molecular formula is C11H21N5O3S. The Kier molecular flexibility index (Phi) is 5.49. The number of hydrogen-bond donors (Lipinski definition) is 2. The molecule has 0 aromatic carbocycles. The maximum Gasteiger partial charge on any atom is 0.256 e. The molecule has 9 heteroatoms. The molecule has 0 radical (unpaired) electrons. The van der Waals surface area contributed by atoms with Crippen molar-refractivity contribution in [2.24, 2.45) is 0 Å². The molecule has 114 valence electrons. The molecule has 2 N–H and O–H groups in total. The summed E-state index contributed by atoms with van der Waals surface area (Å²) in [5.41, 5.74) is 0. The average molecular weight is 303 g/mol. The molecule has 1 aliphatic heterocycles. The van der Waals surface area contributed by atoms with E-state index in [1.807, 2.05) is 6.92 Å². The summed E-state index contributed by atoms with van der Waals surface area (Å²) < 4.78 is 31.2. The average Bonchev–Trinajstić information content (AvgIpc) is 2.89. The van der Waals surface area contributed by atoms with Crippen molar-refractivity contribution in [2.75, 3.05) is 39.4 Å². The molecule has 0 amide bonds. The van der Waals surface area contributed by atoms with Gasteiger partial charge in [-0.2, -0.15) is 5.10 Å². The van der Waals surface area contributed by atoms with Crippen LogP contribution in [0.2, 0.25) is 0 Å². The molecule has 20 heavy (non-hydrogen) atoms. The van der Waals surface area contributed by atoms with Crippen LogP contribution in [0.3, 0.4) is 0 Å². The second-order valence-corrected chi connectivity index (χ2v) is 6.15. The molecule has 0 spiro atoms. The zero-order valence-electron chi connectivity index (χ0n) is 11.6. The van der Waals surface area contributed by atoms with Crippen molar-refractivity contribution < 1.29 is 13.2 Å². The largest absolute Gasteiger partial charge is 0.379 e. The highest BCUT2D eigenvalue weighted by atomic mass is 32.2. The molecule has 0 atom stereocenters. The molecule has 2 heterocycles. The first-order valence-corrected chi connectivity index (χ1v) is 8.18. The van der Waals surface area contributed by atoms with Gasteiger partial charge in [0.2, 0.25) is 0 Å². The maximum atomic E-state index is 12.2. The van der Waals surface area contributed by atoms with Crippen LogP contribution in [0.5, 0.6) is 0 Å². The van der Waals surface area contributed by atoms with Gasteiger partial charge in [0, 0.05) is 25.8 Å². The van der Waals surface area contributed by atoms with E-state index in [4.69, 9.17) is 4.74 Å². The van der Waals surface area contributed by atoms with Crippen molar-refractivity contribution in [3.8, 4) is 0 Å². The SMILES string of the molecule is CCNCCn1cc(S(=O)(=O)NN2CCOCC2)cn1. The van der Waals surface area contributed by atoms with Gasteiger partial charge in [0.15, 0.2) is 0 Å². The van der Waals surface area contributed by atoms with Crippen molar-refractivity contribution >= 4 is 10.0 Å². The zero-order valence-corrected chi connectivity index (χ0v) is 12.4. The third-order valence-corrected chi connectivity index (χ3v) is 4.28. The molecule has 1 aromatic rings. The molecular weight excluding hydrogens is 282 g/mol. The van der Waals surface area contributed by atoms with Gasteiger partial charge in [-0.05, 0) is 6.54 Å². The van der Waals surface area contributed by atoms with Gasteiger partial charge in [-0.1, -0.05) is 6.92 Å². The minimum absolute atomic E-state index is 0.181. The van der Waals surface area contributed by atoms with Crippen molar-refractivity contribution in [3.63, 3.8) is 0 Å². The highest BCUT2D eigenvalue weighted by Crippen LogP contribution is 2.08. The predicted octanol–water partition coefficient (Wildman–Crippen LogP) is -0.982. The van der Waals surface area contributed by atoms with Gasteiger partial charge in [0.1, 0.15) is 4.90 Å². The van der Waals surface area contributed by atoms with Crippen molar-refractivity contribution in [2.45, 2.75) is 18.4 Å². The Morgan fingerprint density at radius 2 is 2.15 bits per heavy atom. The summed E-state index contributed by atoms with van der Waals surface area (Å²) in [4.78, 5) is 2.73. The van der Waals surface area contributed by atoms with E-state index in [9.17, 15) is 8.42 Å². The van der Waals surface area contributed by atoms with Crippen LogP contribution >= 0.6 is 0 Å². The van der Waals surface area contributed by atoms with Gasteiger partial charge in [-0.25, -0.2) is 13.4 Å². The topological polar surface area (TPSA) is 88.5 Å². The van der Waals surface area contributed by atoms with Crippen molar-refractivity contribution in [1.82, 2.24) is 24.9 Å². The fourth-order valence-corrected chi connectivity index (χ4v) is 2.93. The highest BCUT2D eigenvalue weighted by molar-refractivity contribution is 7.89. The molecule has 0 unspecified atom stereocenters. The highest BCUT2D eigenvalue weighted by Gasteiger charge is 2.21. The monoisotopic (exact) mass is 303 g/mol. The number of ether oxygens (including phenoxy) is 1. The predicted molar refractivity (Wildman–Crippen MR) is 73.5 cm³/mol. The van der Waals surface area contributed by atoms with E-state index < -0.39 is 10.0 Å². The van der Waals surface area contributed by atoms with Crippen LogP contribution in [0, 0.1) is 0 Å². The minimum atomic E-state index is -3.55. The molecule has 2 rings (SSSR count). The van der Waals surface area contributed by atoms with E-state index in [1.54, 1.807) is 15.9 Å². The Balaban J connectivity index is 1.94.